The molecule has 0 unspecified atom stereocenters. The van der Waals surface area contributed by atoms with Crippen molar-refractivity contribution >= 4 is 5.97 Å². The summed E-state index contributed by atoms with van der Waals surface area (Å²) in [5.41, 5.74) is 0. The first-order valence-corrected chi connectivity index (χ1v) is 2.45. The molecule has 0 saturated heterocycles. The number of oxazole rings is 1. The van der Waals surface area contributed by atoms with E-state index in [1.807, 2.05) is 0 Å². The van der Waals surface area contributed by atoms with Crippen LogP contribution in [0.5, 0.6) is 5.88 Å². The van der Waals surface area contributed by atoms with Gasteiger partial charge in [-0.1, -0.05) is 0 Å². The first-order valence-electron chi connectivity index (χ1n) is 2.45. The number of esters is 1. The molecule has 0 amide bonds. The first kappa shape index (κ1) is 6.60. The third-order valence-corrected chi connectivity index (χ3v) is 0.843. The summed E-state index contributed by atoms with van der Waals surface area (Å²) in [4.78, 5) is 13.7. The lowest BCUT2D eigenvalue weighted by atomic mass is 10.7. The van der Waals surface area contributed by atoms with E-state index in [-0.39, 0.29) is 5.89 Å². The minimum Gasteiger partial charge on any atom is -0.462 e. The standard InChI is InChI=1S/C5H4NO4/c1-9-5(8)4-6-3(7)2-10-4/h2H,1H3. The number of carbonyl (C=O) groups is 1. The predicted molar refractivity (Wildman–Crippen MR) is 28.0 cm³/mol. The van der Waals surface area contributed by atoms with Gasteiger partial charge < -0.3 is 9.15 Å². The SMILES string of the molecule is COC(=O)c1nc([O])co1. The van der Waals surface area contributed by atoms with E-state index >= 15 is 0 Å². The Labute approximate surface area is 56.2 Å². The number of hydrogen-bond donors (Lipinski definition) is 0. The molecule has 0 aliphatic rings. The molecule has 0 N–H and O–H groups in total. The fraction of sp³-hybridized carbons (Fsp3) is 0.200. The van der Waals surface area contributed by atoms with Gasteiger partial charge in [0, 0.05) is 0 Å². The zero-order valence-electron chi connectivity index (χ0n) is 5.16. The number of carbonyl (C=O) groups excluding carboxylic acids is 1. The van der Waals surface area contributed by atoms with Gasteiger partial charge in [0.2, 0.25) is 0 Å². The number of rotatable bonds is 1. The summed E-state index contributed by atoms with van der Waals surface area (Å²) in [6.07, 6.45) is 0.840. The van der Waals surface area contributed by atoms with Crippen molar-refractivity contribution in [2.45, 2.75) is 0 Å². The van der Waals surface area contributed by atoms with E-state index in [1.54, 1.807) is 0 Å². The fourth-order valence-corrected chi connectivity index (χ4v) is 0.440. The number of aromatic nitrogens is 1. The highest BCUT2D eigenvalue weighted by Gasteiger charge is 2.12. The Balaban J connectivity index is 2.85. The van der Waals surface area contributed by atoms with Crippen LogP contribution in [0.3, 0.4) is 0 Å². The molecule has 0 saturated carbocycles. The minimum absolute atomic E-state index is 0.312. The van der Waals surface area contributed by atoms with Gasteiger partial charge in [-0.25, -0.2) is 4.79 Å². The lowest BCUT2D eigenvalue weighted by Gasteiger charge is -1.87. The summed E-state index contributed by atoms with van der Waals surface area (Å²) in [7, 11) is 1.18. The molecule has 0 bridgehead atoms. The normalized spacial score (nSPS) is 9.30. The van der Waals surface area contributed by atoms with Crippen molar-refractivity contribution in [3.8, 4) is 5.88 Å². The van der Waals surface area contributed by atoms with Crippen LogP contribution in [0.1, 0.15) is 10.7 Å². The van der Waals surface area contributed by atoms with Crippen LogP contribution in [-0.4, -0.2) is 18.1 Å². The van der Waals surface area contributed by atoms with Gasteiger partial charge in [0.15, 0.2) is 6.26 Å². The molecule has 5 heteroatoms. The second kappa shape index (κ2) is 2.38. The average Bonchev–Trinajstić information content (AvgIpc) is 2.34. The molecule has 10 heavy (non-hydrogen) atoms. The Hall–Kier alpha value is -1.52. The zero-order chi connectivity index (χ0) is 7.56. The lowest BCUT2D eigenvalue weighted by Crippen LogP contribution is -2.00. The molecule has 0 atom stereocenters. The Morgan fingerprint density at radius 1 is 1.80 bits per heavy atom. The van der Waals surface area contributed by atoms with Gasteiger partial charge in [0.25, 0.3) is 0 Å². The van der Waals surface area contributed by atoms with Crippen LogP contribution in [0.25, 0.3) is 0 Å². The summed E-state index contributed by atoms with van der Waals surface area (Å²) in [5.74, 6) is -1.64. The van der Waals surface area contributed by atoms with E-state index in [1.165, 1.54) is 7.11 Å². The van der Waals surface area contributed by atoms with Crippen molar-refractivity contribution < 1.29 is 19.1 Å². The van der Waals surface area contributed by atoms with Gasteiger partial charge in [0.05, 0.1) is 7.11 Å². The quantitative estimate of drug-likeness (QED) is 0.538. The van der Waals surface area contributed by atoms with E-state index in [4.69, 9.17) is 0 Å². The van der Waals surface area contributed by atoms with Gasteiger partial charge in [-0.15, -0.1) is 0 Å². The van der Waals surface area contributed by atoms with Gasteiger partial charge in [-0.2, -0.15) is 4.98 Å². The molecule has 0 aliphatic carbocycles. The Morgan fingerprint density at radius 2 is 2.50 bits per heavy atom. The second-order valence-corrected chi connectivity index (χ2v) is 1.48. The molecule has 1 aromatic rings. The number of ether oxygens (including phenoxy) is 1. The highest BCUT2D eigenvalue weighted by atomic mass is 16.5. The van der Waals surface area contributed by atoms with Crippen molar-refractivity contribution in [2.75, 3.05) is 7.11 Å². The summed E-state index contributed by atoms with van der Waals surface area (Å²) in [6, 6.07) is 0. The number of methoxy groups -OCH3 is 1. The molecule has 1 aromatic heterocycles. The van der Waals surface area contributed by atoms with Crippen LogP contribution in [0.4, 0.5) is 0 Å². The van der Waals surface area contributed by atoms with E-state index in [9.17, 15) is 9.90 Å². The molecule has 5 nitrogen and oxygen atoms in total. The summed E-state index contributed by atoms with van der Waals surface area (Å²) in [6.45, 7) is 0. The van der Waals surface area contributed by atoms with Crippen LogP contribution < -0.4 is 0 Å². The van der Waals surface area contributed by atoms with Crippen molar-refractivity contribution in [3.05, 3.63) is 12.2 Å². The molecule has 1 radical (unpaired) electrons. The minimum atomic E-state index is -0.748. The van der Waals surface area contributed by atoms with Crippen LogP contribution in [0.2, 0.25) is 0 Å². The summed E-state index contributed by atoms with van der Waals surface area (Å²) >= 11 is 0. The smallest absolute Gasteiger partial charge is 0.394 e. The lowest BCUT2D eigenvalue weighted by molar-refractivity contribution is 0.0555. The van der Waals surface area contributed by atoms with Crippen molar-refractivity contribution in [1.82, 2.24) is 4.98 Å². The average molecular weight is 142 g/mol. The maximum Gasteiger partial charge on any atom is 0.394 e. The van der Waals surface area contributed by atoms with Crippen LogP contribution in [-0.2, 0) is 9.84 Å². The van der Waals surface area contributed by atoms with E-state index in [0.717, 1.165) is 6.26 Å². The van der Waals surface area contributed by atoms with Crippen molar-refractivity contribution in [2.24, 2.45) is 0 Å². The molecular formula is C5H4NO4. The molecule has 0 aromatic carbocycles. The first-order chi connectivity index (χ1) is 4.74. The molecule has 1 heterocycles. The molecule has 0 spiro atoms. The monoisotopic (exact) mass is 142 g/mol. The van der Waals surface area contributed by atoms with Crippen LogP contribution in [0, 0.1) is 0 Å². The summed E-state index contributed by atoms with van der Waals surface area (Å²) < 4.78 is 8.63. The van der Waals surface area contributed by atoms with E-state index < -0.39 is 11.8 Å². The molecular weight excluding hydrogens is 138 g/mol. The maximum atomic E-state index is 10.5. The van der Waals surface area contributed by atoms with Gasteiger partial charge in [-0.05, 0) is 0 Å². The summed E-state index contributed by atoms with van der Waals surface area (Å²) in [5, 5.41) is 10.3. The molecule has 53 valence electrons. The Kier molecular flexibility index (Phi) is 1.57. The van der Waals surface area contributed by atoms with Gasteiger partial charge in [-0.3, -0.25) is 5.11 Å². The van der Waals surface area contributed by atoms with E-state index in [2.05, 4.69) is 14.1 Å². The maximum absolute atomic E-state index is 10.5. The highest BCUT2D eigenvalue weighted by Crippen LogP contribution is 2.08. The largest absolute Gasteiger partial charge is 0.462 e. The molecule has 1 rings (SSSR count). The van der Waals surface area contributed by atoms with Gasteiger partial charge in [0.1, 0.15) is 0 Å². The Bertz CT molecular complexity index is 242. The second-order valence-electron chi connectivity index (χ2n) is 1.48. The Morgan fingerprint density at radius 3 is 2.90 bits per heavy atom. The van der Waals surface area contributed by atoms with Gasteiger partial charge >= 0.3 is 17.7 Å². The van der Waals surface area contributed by atoms with Crippen molar-refractivity contribution in [1.29, 1.82) is 0 Å². The number of hydrogen-bond acceptors (Lipinski definition) is 4. The fourth-order valence-electron chi connectivity index (χ4n) is 0.440. The van der Waals surface area contributed by atoms with Crippen LogP contribution in [0.15, 0.2) is 10.7 Å². The predicted octanol–water partition coefficient (Wildman–Crippen LogP) is 0.605. The third-order valence-electron chi connectivity index (χ3n) is 0.843. The van der Waals surface area contributed by atoms with Crippen LogP contribution >= 0.6 is 0 Å². The topological polar surface area (TPSA) is 72.2 Å². The highest BCUT2D eigenvalue weighted by molar-refractivity contribution is 5.84. The third kappa shape index (κ3) is 1.07. The number of nitrogens with zero attached hydrogens (tertiary/aromatic N) is 1. The zero-order valence-corrected chi connectivity index (χ0v) is 5.16. The molecule has 0 fully saturated rings. The van der Waals surface area contributed by atoms with E-state index in [0.29, 0.717) is 0 Å². The molecule has 0 aliphatic heterocycles. The van der Waals surface area contributed by atoms with Crippen molar-refractivity contribution in [3.63, 3.8) is 0 Å².